The molecule has 0 bridgehead atoms. The summed E-state index contributed by atoms with van der Waals surface area (Å²) in [4.78, 5) is 24.2. The Kier molecular flexibility index (Phi) is 8.28. The van der Waals surface area contributed by atoms with Crippen LogP contribution in [0.15, 0.2) is 48.5 Å². The Bertz CT molecular complexity index is 729. The third-order valence-electron chi connectivity index (χ3n) is 3.67. The Morgan fingerprint density at radius 2 is 1.37 bits per heavy atom. The fraction of sp³-hybridized carbons (Fsp3) is 0.300. The topological polar surface area (TPSA) is 85.9 Å². The maximum absolute atomic E-state index is 12.3. The minimum absolute atomic E-state index is 0.186. The number of anilines is 1. The SMILES string of the molecule is COCCNC(=O)c1ccc(NC(=O)c2ccc(OCCOC)cc2)cc1. The predicted octanol–water partition coefficient (Wildman–Crippen LogP) is 2.34. The van der Waals surface area contributed by atoms with Crippen LogP contribution in [0.25, 0.3) is 0 Å². The number of rotatable bonds is 10. The van der Waals surface area contributed by atoms with Crippen LogP contribution in [0.3, 0.4) is 0 Å². The van der Waals surface area contributed by atoms with Gasteiger partial charge in [0.25, 0.3) is 11.8 Å². The van der Waals surface area contributed by atoms with Gasteiger partial charge in [-0.1, -0.05) is 0 Å². The van der Waals surface area contributed by atoms with Crippen molar-refractivity contribution in [3.63, 3.8) is 0 Å². The molecule has 0 aliphatic carbocycles. The van der Waals surface area contributed by atoms with Gasteiger partial charge in [0.2, 0.25) is 0 Å². The summed E-state index contributed by atoms with van der Waals surface area (Å²) in [6.07, 6.45) is 0. The van der Waals surface area contributed by atoms with Crippen molar-refractivity contribution in [2.75, 3.05) is 45.9 Å². The fourth-order valence-electron chi connectivity index (χ4n) is 2.22. The number of carbonyl (C=O) groups excluding carboxylic acids is 2. The van der Waals surface area contributed by atoms with Crippen molar-refractivity contribution in [3.8, 4) is 5.75 Å². The highest BCUT2D eigenvalue weighted by molar-refractivity contribution is 6.04. The number of hydrogen-bond acceptors (Lipinski definition) is 5. The van der Waals surface area contributed by atoms with E-state index in [4.69, 9.17) is 14.2 Å². The van der Waals surface area contributed by atoms with Gasteiger partial charge in [-0.25, -0.2) is 0 Å². The highest BCUT2D eigenvalue weighted by atomic mass is 16.5. The minimum Gasteiger partial charge on any atom is -0.491 e. The molecule has 0 spiro atoms. The molecule has 0 saturated carbocycles. The molecule has 2 aromatic carbocycles. The Hall–Kier alpha value is -2.90. The molecule has 7 heteroatoms. The monoisotopic (exact) mass is 372 g/mol. The van der Waals surface area contributed by atoms with Crippen molar-refractivity contribution in [1.82, 2.24) is 5.32 Å². The van der Waals surface area contributed by atoms with Gasteiger partial charge in [-0.05, 0) is 48.5 Å². The van der Waals surface area contributed by atoms with Crippen molar-refractivity contribution in [2.24, 2.45) is 0 Å². The van der Waals surface area contributed by atoms with E-state index in [0.717, 1.165) is 0 Å². The average Bonchev–Trinajstić information content (AvgIpc) is 2.69. The molecule has 0 heterocycles. The second-order valence-electron chi connectivity index (χ2n) is 5.65. The molecule has 0 unspecified atom stereocenters. The van der Waals surface area contributed by atoms with Gasteiger partial charge in [-0.3, -0.25) is 9.59 Å². The number of methoxy groups -OCH3 is 2. The van der Waals surface area contributed by atoms with Crippen molar-refractivity contribution in [1.29, 1.82) is 0 Å². The fourth-order valence-corrected chi connectivity index (χ4v) is 2.22. The first-order valence-electron chi connectivity index (χ1n) is 8.54. The summed E-state index contributed by atoms with van der Waals surface area (Å²) < 4.78 is 15.3. The van der Waals surface area contributed by atoms with Crippen LogP contribution in [-0.4, -0.2) is 52.4 Å². The number of amides is 2. The lowest BCUT2D eigenvalue weighted by Crippen LogP contribution is -2.26. The molecule has 0 fully saturated rings. The summed E-state index contributed by atoms with van der Waals surface area (Å²) in [6, 6.07) is 13.5. The van der Waals surface area contributed by atoms with E-state index in [0.29, 0.717) is 48.9 Å². The number of benzene rings is 2. The van der Waals surface area contributed by atoms with Gasteiger partial charge >= 0.3 is 0 Å². The summed E-state index contributed by atoms with van der Waals surface area (Å²) in [6.45, 7) is 1.85. The van der Waals surface area contributed by atoms with Crippen LogP contribution < -0.4 is 15.4 Å². The first-order valence-corrected chi connectivity index (χ1v) is 8.54. The van der Waals surface area contributed by atoms with E-state index in [1.165, 1.54) is 0 Å². The lowest BCUT2D eigenvalue weighted by atomic mass is 10.1. The van der Waals surface area contributed by atoms with Crippen LogP contribution in [-0.2, 0) is 9.47 Å². The summed E-state index contributed by atoms with van der Waals surface area (Å²) in [7, 11) is 3.18. The standard InChI is InChI=1S/C20H24N2O5/c1-25-12-11-21-19(23)15-3-7-17(8-4-15)22-20(24)16-5-9-18(10-6-16)27-14-13-26-2/h3-10H,11-14H2,1-2H3,(H,21,23)(H,22,24). The van der Waals surface area contributed by atoms with Crippen molar-refractivity contribution >= 4 is 17.5 Å². The lowest BCUT2D eigenvalue weighted by Gasteiger charge is -2.09. The molecule has 144 valence electrons. The minimum atomic E-state index is -0.240. The first-order chi connectivity index (χ1) is 13.1. The van der Waals surface area contributed by atoms with Crippen LogP contribution in [0.2, 0.25) is 0 Å². The first kappa shape index (κ1) is 20.4. The maximum Gasteiger partial charge on any atom is 0.255 e. The zero-order valence-electron chi connectivity index (χ0n) is 15.5. The molecule has 0 aliphatic rings. The predicted molar refractivity (Wildman–Crippen MR) is 102 cm³/mol. The largest absolute Gasteiger partial charge is 0.491 e. The number of ether oxygens (including phenoxy) is 3. The third-order valence-corrected chi connectivity index (χ3v) is 3.67. The highest BCUT2D eigenvalue weighted by Gasteiger charge is 2.08. The molecule has 0 aromatic heterocycles. The lowest BCUT2D eigenvalue weighted by molar-refractivity contribution is 0.0936. The molecule has 2 aromatic rings. The van der Waals surface area contributed by atoms with Crippen molar-refractivity contribution in [3.05, 3.63) is 59.7 Å². The van der Waals surface area contributed by atoms with Crippen LogP contribution >= 0.6 is 0 Å². The van der Waals surface area contributed by atoms with E-state index >= 15 is 0 Å². The van der Waals surface area contributed by atoms with Gasteiger partial charge in [0.15, 0.2) is 0 Å². The normalized spacial score (nSPS) is 10.3. The van der Waals surface area contributed by atoms with Gasteiger partial charge in [-0.2, -0.15) is 0 Å². The van der Waals surface area contributed by atoms with E-state index in [1.807, 2.05) is 0 Å². The second kappa shape index (κ2) is 10.9. The van der Waals surface area contributed by atoms with Gasteiger partial charge in [0.1, 0.15) is 12.4 Å². The highest BCUT2D eigenvalue weighted by Crippen LogP contribution is 2.15. The molecule has 0 radical (unpaired) electrons. The molecule has 0 saturated heterocycles. The third kappa shape index (κ3) is 6.73. The van der Waals surface area contributed by atoms with Gasteiger partial charge in [0.05, 0.1) is 13.2 Å². The van der Waals surface area contributed by atoms with Crippen LogP contribution in [0.4, 0.5) is 5.69 Å². The summed E-state index contributed by atoms with van der Waals surface area (Å²) >= 11 is 0. The van der Waals surface area contributed by atoms with E-state index in [9.17, 15) is 9.59 Å². The Balaban J connectivity index is 1.88. The molecule has 2 amide bonds. The molecule has 0 aliphatic heterocycles. The number of carbonyl (C=O) groups is 2. The summed E-state index contributed by atoms with van der Waals surface area (Å²) in [5.41, 5.74) is 1.63. The molecule has 0 atom stereocenters. The molecular weight excluding hydrogens is 348 g/mol. The molecule has 7 nitrogen and oxygen atoms in total. The molecule has 2 N–H and O–H groups in total. The van der Waals surface area contributed by atoms with E-state index in [1.54, 1.807) is 62.8 Å². The molecular formula is C20H24N2O5. The smallest absolute Gasteiger partial charge is 0.255 e. The van der Waals surface area contributed by atoms with Crippen LogP contribution in [0, 0.1) is 0 Å². The van der Waals surface area contributed by atoms with Crippen molar-refractivity contribution < 1.29 is 23.8 Å². The quantitative estimate of drug-likeness (QED) is 0.625. The van der Waals surface area contributed by atoms with Crippen LogP contribution in [0.5, 0.6) is 5.75 Å². The Labute approximate surface area is 158 Å². The van der Waals surface area contributed by atoms with Gasteiger partial charge < -0.3 is 24.8 Å². The summed E-state index contributed by atoms with van der Waals surface area (Å²) in [5, 5.41) is 5.54. The molecule has 27 heavy (non-hydrogen) atoms. The molecule has 2 rings (SSSR count). The second-order valence-corrected chi connectivity index (χ2v) is 5.65. The van der Waals surface area contributed by atoms with E-state index in [-0.39, 0.29) is 11.8 Å². The van der Waals surface area contributed by atoms with Crippen molar-refractivity contribution in [2.45, 2.75) is 0 Å². The average molecular weight is 372 g/mol. The zero-order valence-corrected chi connectivity index (χ0v) is 15.5. The maximum atomic E-state index is 12.3. The Morgan fingerprint density at radius 1 is 0.778 bits per heavy atom. The van der Waals surface area contributed by atoms with Gasteiger partial charge in [0, 0.05) is 37.6 Å². The Morgan fingerprint density at radius 3 is 2.00 bits per heavy atom. The van der Waals surface area contributed by atoms with Crippen LogP contribution in [0.1, 0.15) is 20.7 Å². The number of nitrogens with one attached hydrogen (secondary N) is 2. The van der Waals surface area contributed by atoms with Gasteiger partial charge in [-0.15, -0.1) is 0 Å². The summed E-state index contributed by atoms with van der Waals surface area (Å²) in [5.74, 6) is 0.247. The zero-order chi connectivity index (χ0) is 19.5. The number of hydrogen-bond donors (Lipinski definition) is 2. The van der Waals surface area contributed by atoms with E-state index < -0.39 is 0 Å². The van der Waals surface area contributed by atoms with E-state index in [2.05, 4.69) is 10.6 Å².